The summed E-state index contributed by atoms with van der Waals surface area (Å²) in [5.41, 5.74) is 4.85. The van der Waals surface area contributed by atoms with Gasteiger partial charge in [-0.1, -0.05) is 5.16 Å². The van der Waals surface area contributed by atoms with Crippen LogP contribution in [-0.4, -0.2) is 35.8 Å². The van der Waals surface area contributed by atoms with Gasteiger partial charge < -0.3 is 14.3 Å². The van der Waals surface area contributed by atoms with E-state index in [1.807, 2.05) is 19.0 Å². The minimum absolute atomic E-state index is 0.812. The fourth-order valence-electron chi connectivity index (χ4n) is 3.34. The molecule has 0 N–H and O–H groups in total. The molecule has 0 amide bonds. The van der Waals surface area contributed by atoms with E-state index >= 15 is 0 Å². The number of nitrogens with zero attached hydrogens (tertiary/aromatic N) is 5. The third-order valence-corrected chi connectivity index (χ3v) is 4.56. The zero-order chi connectivity index (χ0) is 15.1. The Hall–Kier alpha value is -2.11. The number of aryl methyl sites for hydroxylation is 1. The first-order chi connectivity index (χ1) is 10.7. The Morgan fingerprint density at radius 2 is 1.95 bits per heavy atom. The van der Waals surface area contributed by atoms with Crippen molar-refractivity contribution in [2.45, 2.75) is 38.6 Å². The summed E-state index contributed by atoms with van der Waals surface area (Å²) in [6.07, 6.45) is 7.30. The van der Waals surface area contributed by atoms with Crippen molar-refractivity contribution in [3.8, 4) is 0 Å². The molecular formula is C16H21N5O. The molecule has 2 aliphatic rings. The van der Waals surface area contributed by atoms with E-state index in [1.54, 1.807) is 6.26 Å². The summed E-state index contributed by atoms with van der Waals surface area (Å²) in [6, 6.07) is 0. The first kappa shape index (κ1) is 13.5. The zero-order valence-electron chi connectivity index (χ0n) is 13.2. The topological polar surface area (TPSA) is 58.3 Å². The molecule has 2 aromatic rings. The Bertz CT molecular complexity index is 694. The van der Waals surface area contributed by atoms with E-state index < -0.39 is 0 Å². The predicted octanol–water partition coefficient (Wildman–Crippen LogP) is 1.97. The van der Waals surface area contributed by atoms with Gasteiger partial charge in [-0.05, 0) is 25.7 Å². The molecule has 0 spiro atoms. The Morgan fingerprint density at radius 3 is 2.82 bits per heavy atom. The summed E-state index contributed by atoms with van der Waals surface area (Å²) < 4.78 is 5.11. The van der Waals surface area contributed by atoms with Crippen LogP contribution < -0.4 is 9.80 Å². The quantitative estimate of drug-likeness (QED) is 0.845. The number of hydrogen-bond donors (Lipinski definition) is 0. The second kappa shape index (κ2) is 5.26. The van der Waals surface area contributed by atoms with E-state index in [0.29, 0.717) is 0 Å². The van der Waals surface area contributed by atoms with Crippen molar-refractivity contribution in [2.24, 2.45) is 0 Å². The van der Waals surface area contributed by atoms with E-state index in [4.69, 9.17) is 14.5 Å². The summed E-state index contributed by atoms with van der Waals surface area (Å²) in [5, 5.41) is 4.08. The van der Waals surface area contributed by atoms with Gasteiger partial charge in [0, 0.05) is 44.7 Å². The van der Waals surface area contributed by atoms with Gasteiger partial charge in [-0.25, -0.2) is 4.98 Å². The lowest BCUT2D eigenvalue weighted by atomic mass is 9.95. The van der Waals surface area contributed by atoms with Crippen molar-refractivity contribution in [1.82, 2.24) is 15.1 Å². The van der Waals surface area contributed by atoms with Crippen LogP contribution in [0.2, 0.25) is 0 Å². The van der Waals surface area contributed by atoms with Crippen LogP contribution in [0.15, 0.2) is 10.8 Å². The lowest BCUT2D eigenvalue weighted by molar-refractivity contribution is 0.412. The first-order valence-electron chi connectivity index (χ1n) is 7.96. The third kappa shape index (κ3) is 2.23. The smallest absolute Gasteiger partial charge is 0.227 e. The molecule has 116 valence electrons. The van der Waals surface area contributed by atoms with Gasteiger partial charge in [0.15, 0.2) is 0 Å². The average Bonchev–Trinajstić information content (AvgIpc) is 3.01. The lowest BCUT2D eigenvalue weighted by Crippen LogP contribution is -2.33. The molecule has 6 nitrogen and oxygen atoms in total. The van der Waals surface area contributed by atoms with Crippen LogP contribution >= 0.6 is 0 Å². The number of hydrogen-bond acceptors (Lipinski definition) is 6. The maximum atomic E-state index is 5.11. The molecule has 0 bridgehead atoms. The highest BCUT2D eigenvalue weighted by atomic mass is 16.5. The van der Waals surface area contributed by atoms with Crippen molar-refractivity contribution < 1.29 is 4.52 Å². The minimum atomic E-state index is 0.812. The number of aromatic nitrogens is 3. The van der Waals surface area contributed by atoms with Gasteiger partial charge >= 0.3 is 0 Å². The van der Waals surface area contributed by atoms with Crippen molar-refractivity contribution in [1.29, 1.82) is 0 Å². The Balaban J connectivity index is 1.75. The van der Waals surface area contributed by atoms with E-state index in [2.05, 4.69) is 10.1 Å². The molecule has 2 aromatic heterocycles. The minimum Gasteiger partial charge on any atom is -0.364 e. The van der Waals surface area contributed by atoms with E-state index in [0.717, 1.165) is 49.8 Å². The summed E-state index contributed by atoms with van der Waals surface area (Å²) in [6.45, 7) is 1.77. The van der Waals surface area contributed by atoms with E-state index in [9.17, 15) is 0 Å². The highest BCUT2D eigenvalue weighted by Crippen LogP contribution is 2.32. The third-order valence-electron chi connectivity index (χ3n) is 4.56. The van der Waals surface area contributed by atoms with Crippen molar-refractivity contribution in [3.63, 3.8) is 0 Å². The Morgan fingerprint density at radius 1 is 1.09 bits per heavy atom. The van der Waals surface area contributed by atoms with E-state index in [-0.39, 0.29) is 0 Å². The average molecular weight is 299 g/mol. The van der Waals surface area contributed by atoms with Gasteiger partial charge in [-0.15, -0.1) is 0 Å². The monoisotopic (exact) mass is 299 g/mol. The SMILES string of the molecule is CN(C)c1nc2c(c(N3CCc4nocc4C3)n1)CCCC2. The molecule has 1 aliphatic carbocycles. The van der Waals surface area contributed by atoms with Crippen molar-refractivity contribution >= 4 is 11.8 Å². The highest BCUT2D eigenvalue weighted by Gasteiger charge is 2.26. The number of rotatable bonds is 2. The van der Waals surface area contributed by atoms with Gasteiger partial charge in [-0.2, -0.15) is 4.98 Å². The molecule has 0 radical (unpaired) electrons. The standard InChI is InChI=1S/C16H21N5O/c1-20(2)16-17-14-6-4-3-5-12(14)15(18-16)21-8-7-13-11(9-21)10-22-19-13/h10H,3-9H2,1-2H3. The molecule has 0 aromatic carbocycles. The van der Waals surface area contributed by atoms with Crippen LogP contribution in [0, 0.1) is 0 Å². The molecule has 0 saturated carbocycles. The molecule has 0 unspecified atom stereocenters. The summed E-state index contributed by atoms with van der Waals surface area (Å²) in [4.78, 5) is 14.0. The molecule has 1 aliphatic heterocycles. The van der Waals surface area contributed by atoms with Gasteiger partial charge in [0.2, 0.25) is 5.95 Å². The molecule has 0 saturated heterocycles. The molecule has 0 fully saturated rings. The summed E-state index contributed by atoms with van der Waals surface area (Å²) in [7, 11) is 4.01. The van der Waals surface area contributed by atoms with Crippen LogP contribution in [0.3, 0.4) is 0 Å². The van der Waals surface area contributed by atoms with Crippen LogP contribution in [-0.2, 0) is 25.8 Å². The van der Waals surface area contributed by atoms with Crippen LogP contribution in [0.5, 0.6) is 0 Å². The van der Waals surface area contributed by atoms with Gasteiger partial charge in [0.05, 0.1) is 11.4 Å². The van der Waals surface area contributed by atoms with Crippen LogP contribution in [0.1, 0.15) is 35.4 Å². The Kier molecular flexibility index (Phi) is 3.24. The maximum absolute atomic E-state index is 5.11. The molecule has 0 atom stereocenters. The van der Waals surface area contributed by atoms with Gasteiger partial charge in [0.1, 0.15) is 12.1 Å². The lowest BCUT2D eigenvalue weighted by Gasteiger charge is -2.31. The van der Waals surface area contributed by atoms with Crippen LogP contribution in [0.4, 0.5) is 11.8 Å². The van der Waals surface area contributed by atoms with Gasteiger partial charge in [0.25, 0.3) is 0 Å². The Labute approximate surface area is 130 Å². The number of fused-ring (bicyclic) bond motifs is 2. The highest BCUT2D eigenvalue weighted by molar-refractivity contribution is 5.55. The van der Waals surface area contributed by atoms with E-state index in [1.165, 1.54) is 29.7 Å². The van der Waals surface area contributed by atoms with Crippen molar-refractivity contribution in [2.75, 3.05) is 30.4 Å². The zero-order valence-corrected chi connectivity index (χ0v) is 13.2. The maximum Gasteiger partial charge on any atom is 0.227 e. The second-order valence-corrected chi connectivity index (χ2v) is 6.33. The van der Waals surface area contributed by atoms with Crippen molar-refractivity contribution in [3.05, 3.63) is 28.8 Å². The normalized spacial score (nSPS) is 17.1. The largest absolute Gasteiger partial charge is 0.364 e. The molecule has 3 heterocycles. The predicted molar refractivity (Wildman–Crippen MR) is 84.3 cm³/mol. The fourth-order valence-corrected chi connectivity index (χ4v) is 3.34. The summed E-state index contributed by atoms with van der Waals surface area (Å²) >= 11 is 0. The fraction of sp³-hybridized carbons (Fsp3) is 0.562. The molecule has 22 heavy (non-hydrogen) atoms. The van der Waals surface area contributed by atoms with Crippen LogP contribution in [0.25, 0.3) is 0 Å². The first-order valence-corrected chi connectivity index (χ1v) is 7.96. The number of anilines is 2. The molecule has 6 heteroatoms. The van der Waals surface area contributed by atoms with Gasteiger partial charge in [-0.3, -0.25) is 0 Å². The molecular weight excluding hydrogens is 278 g/mol. The molecule has 4 rings (SSSR count). The second-order valence-electron chi connectivity index (χ2n) is 6.33. The summed E-state index contributed by atoms with van der Waals surface area (Å²) in [5.74, 6) is 1.92.